The van der Waals surface area contributed by atoms with E-state index in [-0.39, 0.29) is 27.6 Å². The molecule has 1 fully saturated rings. The summed E-state index contributed by atoms with van der Waals surface area (Å²) in [6, 6.07) is 7.61. The fourth-order valence-electron chi connectivity index (χ4n) is 3.60. The summed E-state index contributed by atoms with van der Waals surface area (Å²) in [6.07, 6.45) is -5.39. The van der Waals surface area contributed by atoms with Gasteiger partial charge in [-0.15, -0.1) is 11.3 Å². The molecule has 13 heteroatoms. The second-order valence-electron chi connectivity index (χ2n) is 7.17. The lowest BCUT2D eigenvalue weighted by Gasteiger charge is -2.44. The number of non-ortho nitro benzene ring substituents is 1. The summed E-state index contributed by atoms with van der Waals surface area (Å²) >= 11 is 0.878. The van der Waals surface area contributed by atoms with Gasteiger partial charge in [0.2, 0.25) is 5.72 Å². The number of hydrogen-bond acceptors (Lipinski definition) is 7. The van der Waals surface area contributed by atoms with Crippen LogP contribution < -0.4 is 10.6 Å². The van der Waals surface area contributed by atoms with Gasteiger partial charge in [0.05, 0.1) is 9.80 Å². The van der Waals surface area contributed by atoms with E-state index in [2.05, 4.69) is 5.32 Å². The summed E-state index contributed by atoms with van der Waals surface area (Å²) in [7, 11) is 0. The number of ketones is 1. The number of hydrogen-bond donors (Lipinski definition) is 3. The Hall–Kier alpha value is -3.71. The number of rotatable bonds is 5. The molecule has 33 heavy (non-hydrogen) atoms. The quantitative estimate of drug-likeness (QED) is 0.286. The maximum atomic E-state index is 13.9. The Labute approximate surface area is 187 Å². The molecule has 3 atom stereocenters. The van der Waals surface area contributed by atoms with Crippen LogP contribution >= 0.6 is 11.3 Å². The first-order chi connectivity index (χ1) is 15.5. The summed E-state index contributed by atoms with van der Waals surface area (Å²) in [5, 5.41) is 26.7. The Morgan fingerprint density at radius 3 is 2.61 bits per heavy atom. The highest BCUT2D eigenvalue weighted by Gasteiger charge is 2.67. The van der Waals surface area contributed by atoms with Gasteiger partial charge in [0.15, 0.2) is 5.78 Å². The van der Waals surface area contributed by atoms with Crippen LogP contribution in [-0.2, 0) is 0 Å². The highest BCUT2D eigenvalue weighted by Crippen LogP contribution is 2.45. The molecule has 0 spiro atoms. The van der Waals surface area contributed by atoms with Crippen LogP contribution in [-0.4, -0.2) is 33.7 Å². The lowest BCUT2D eigenvalue weighted by atomic mass is 9.80. The molecule has 3 aromatic rings. The topological polar surface area (TPSA) is 135 Å². The fourth-order valence-corrected chi connectivity index (χ4v) is 4.30. The number of nitrogens with zero attached hydrogens (tertiary/aromatic N) is 1. The van der Waals surface area contributed by atoms with Crippen LogP contribution in [0.4, 0.5) is 23.7 Å². The summed E-state index contributed by atoms with van der Waals surface area (Å²) < 4.78 is 47.3. The molecule has 0 saturated carbocycles. The van der Waals surface area contributed by atoms with E-state index < -0.39 is 40.6 Å². The third kappa shape index (κ3) is 3.96. The van der Waals surface area contributed by atoms with E-state index in [0.717, 1.165) is 11.3 Å². The van der Waals surface area contributed by atoms with E-state index >= 15 is 0 Å². The standard InChI is InChI=1S/C20H14F3N3O6S/c21-20(22,23)19(29)15(17(27)14-5-2-8-33-14)16(24-18(28)25-19)13-7-6-12(32-13)10-3-1-4-11(9-10)26(30)31/h1-9,15-16,29H,(H2,24,25,28). The van der Waals surface area contributed by atoms with Gasteiger partial charge in [0.25, 0.3) is 5.69 Å². The normalized spacial score (nSPS) is 23.0. The van der Waals surface area contributed by atoms with Crippen molar-refractivity contribution in [3.63, 3.8) is 0 Å². The first-order valence-corrected chi connectivity index (χ1v) is 10.2. The largest absolute Gasteiger partial charge is 0.459 e. The number of urea groups is 1. The van der Waals surface area contributed by atoms with Crippen LogP contribution in [0, 0.1) is 16.0 Å². The van der Waals surface area contributed by atoms with Gasteiger partial charge in [0.1, 0.15) is 23.5 Å². The van der Waals surface area contributed by atoms with Crippen molar-refractivity contribution in [3.05, 3.63) is 74.7 Å². The van der Waals surface area contributed by atoms with Gasteiger partial charge >= 0.3 is 12.2 Å². The summed E-state index contributed by atoms with van der Waals surface area (Å²) in [4.78, 5) is 35.4. The van der Waals surface area contributed by atoms with Crippen molar-refractivity contribution in [1.82, 2.24) is 10.6 Å². The van der Waals surface area contributed by atoms with Crippen molar-refractivity contribution >= 4 is 28.8 Å². The van der Waals surface area contributed by atoms with Crippen molar-refractivity contribution in [2.24, 2.45) is 5.92 Å². The van der Waals surface area contributed by atoms with Crippen LogP contribution in [0.2, 0.25) is 0 Å². The minimum atomic E-state index is -5.39. The number of halogens is 3. The van der Waals surface area contributed by atoms with E-state index in [0.29, 0.717) is 0 Å². The number of aliphatic hydroxyl groups is 1. The van der Waals surface area contributed by atoms with E-state index in [1.54, 1.807) is 0 Å². The lowest BCUT2D eigenvalue weighted by Crippen LogP contribution is -2.72. The molecular weight excluding hydrogens is 467 g/mol. The van der Waals surface area contributed by atoms with Gasteiger partial charge in [-0.05, 0) is 23.6 Å². The zero-order valence-corrected chi connectivity index (χ0v) is 17.1. The lowest BCUT2D eigenvalue weighted by molar-refractivity contribution is -0.384. The number of carbonyl (C=O) groups is 2. The molecule has 0 aliphatic carbocycles. The van der Waals surface area contributed by atoms with Crippen molar-refractivity contribution in [2.45, 2.75) is 17.9 Å². The van der Waals surface area contributed by atoms with Crippen LogP contribution in [0.3, 0.4) is 0 Å². The summed E-state index contributed by atoms with van der Waals surface area (Å²) in [5.74, 6) is -3.48. The maximum absolute atomic E-state index is 13.9. The highest BCUT2D eigenvalue weighted by molar-refractivity contribution is 7.12. The molecule has 0 radical (unpaired) electrons. The number of nitrogens with one attached hydrogen (secondary N) is 2. The van der Waals surface area contributed by atoms with Gasteiger partial charge in [0, 0.05) is 17.7 Å². The average molecular weight is 481 g/mol. The van der Waals surface area contributed by atoms with Gasteiger partial charge in [-0.25, -0.2) is 4.79 Å². The second-order valence-corrected chi connectivity index (χ2v) is 8.12. The Morgan fingerprint density at radius 1 is 1.21 bits per heavy atom. The number of furan rings is 1. The van der Waals surface area contributed by atoms with Gasteiger partial charge in [-0.3, -0.25) is 14.9 Å². The molecule has 2 amide bonds. The molecule has 172 valence electrons. The Bertz CT molecular complexity index is 1230. The number of nitro groups is 1. The Morgan fingerprint density at radius 2 is 1.97 bits per heavy atom. The fraction of sp³-hybridized carbons (Fsp3) is 0.200. The van der Waals surface area contributed by atoms with Crippen molar-refractivity contribution in [1.29, 1.82) is 0 Å². The molecule has 1 aliphatic heterocycles. The Kier molecular flexibility index (Phi) is 5.46. The Balaban J connectivity index is 1.79. The van der Waals surface area contributed by atoms with Gasteiger partial charge < -0.3 is 20.2 Å². The first-order valence-electron chi connectivity index (χ1n) is 9.31. The number of Topliss-reactive ketones (excluding diaryl/α,β-unsaturated/α-hetero) is 1. The molecule has 1 aromatic carbocycles. The minimum Gasteiger partial charge on any atom is -0.459 e. The molecular formula is C20H14F3N3O6S. The average Bonchev–Trinajstić information content (AvgIpc) is 3.44. The molecule has 3 unspecified atom stereocenters. The van der Waals surface area contributed by atoms with Crippen LogP contribution in [0.25, 0.3) is 11.3 Å². The smallest absolute Gasteiger partial charge is 0.437 e. The molecule has 3 N–H and O–H groups in total. The molecule has 0 bridgehead atoms. The number of alkyl halides is 3. The molecule has 1 saturated heterocycles. The van der Waals surface area contributed by atoms with Crippen LogP contribution in [0.15, 0.2) is 58.3 Å². The van der Waals surface area contributed by atoms with Crippen LogP contribution in [0.1, 0.15) is 21.5 Å². The zero-order chi connectivity index (χ0) is 24.0. The third-order valence-electron chi connectivity index (χ3n) is 5.13. The predicted molar refractivity (Wildman–Crippen MR) is 108 cm³/mol. The van der Waals surface area contributed by atoms with Gasteiger partial charge in [-0.1, -0.05) is 18.2 Å². The van der Waals surface area contributed by atoms with E-state index in [1.165, 1.54) is 59.2 Å². The molecule has 4 rings (SSSR count). The zero-order valence-electron chi connectivity index (χ0n) is 16.3. The van der Waals surface area contributed by atoms with E-state index in [1.807, 2.05) is 0 Å². The van der Waals surface area contributed by atoms with E-state index in [4.69, 9.17) is 4.42 Å². The van der Waals surface area contributed by atoms with Crippen molar-refractivity contribution < 1.29 is 37.2 Å². The maximum Gasteiger partial charge on any atom is 0.437 e. The number of nitro benzene ring substituents is 1. The molecule has 1 aliphatic rings. The number of benzene rings is 1. The summed E-state index contributed by atoms with van der Waals surface area (Å²) in [6.45, 7) is 0. The predicted octanol–water partition coefficient (Wildman–Crippen LogP) is 4.02. The first kappa shape index (κ1) is 22.5. The van der Waals surface area contributed by atoms with E-state index in [9.17, 15) is 38.0 Å². The molecule has 2 aromatic heterocycles. The van der Waals surface area contributed by atoms with Crippen molar-refractivity contribution in [3.8, 4) is 11.3 Å². The SMILES string of the molecule is O=C1NC(c2ccc(-c3cccc([N+](=O)[O-])c3)o2)C(C(=O)c2cccs2)C(O)(C(F)(F)F)N1. The van der Waals surface area contributed by atoms with Crippen molar-refractivity contribution in [2.75, 3.05) is 0 Å². The van der Waals surface area contributed by atoms with Crippen LogP contribution in [0.5, 0.6) is 0 Å². The number of amides is 2. The third-order valence-corrected chi connectivity index (χ3v) is 6.01. The summed E-state index contributed by atoms with van der Waals surface area (Å²) in [5.41, 5.74) is -3.86. The minimum absolute atomic E-state index is 0.0550. The number of thiophene rings is 1. The van der Waals surface area contributed by atoms with Gasteiger partial charge in [-0.2, -0.15) is 13.2 Å². The second kappa shape index (κ2) is 8.01. The monoisotopic (exact) mass is 481 g/mol. The number of carbonyl (C=O) groups excluding carboxylic acids is 2. The highest BCUT2D eigenvalue weighted by atomic mass is 32.1. The molecule has 3 heterocycles. The molecule has 9 nitrogen and oxygen atoms in total.